The van der Waals surface area contributed by atoms with Crippen LogP contribution in [-0.2, 0) is 0 Å². The van der Waals surface area contributed by atoms with Crippen molar-refractivity contribution in [3.63, 3.8) is 0 Å². The third-order valence-electron chi connectivity index (χ3n) is 5.84. The molecule has 0 aliphatic carbocycles. The molecule has 1 fully saturated rings. The summed E-state index contributed by atoms with van der Waals surface area (Å²) >= 11 is 0. The molecule has 33 heavy (non-hydrogen) atoms. The molecule has 0 saturated carbocycles. The summed E-state index contributed by atoms with van der Waals surface area (Å²) < 4.78 is 1.88. The van der Waals surface area contributed by atoms with E-state index in [1.165, 1.54) is 0 Å². The van der Waals surface area contributed by atoms with Crippen molar-refractivity contribution in [3.8, 4) is 17.5 Å². The van der Waals surface area contributed by atoms with Gasteiger partial charge in [-0.1, -0.05) is 0 Å². The van der Waals surface area contributed by atoms with Crippen LogP contribution >= 0.6 is 0 Å². The number of nitrogens with zero attached hydrogens (tertiary/aromatic N) is 6. The molecular formula is C24H24N8O. The first-order chi connectivity index (χ1) is 16.0. The summed E-state index contributed by atoms with van der Waals surface area (Å²) in [7, 11) is 0. The topological polar surface area (TPSA) is 116 Å². The number of nitrogens with one attached hydrogen (secondary N) is 2. The molecule has 166 valence electrons. The van der Waals surface area contributed by atoms with Crippen LogP contribution in [0.3, 0.4) is 0 Å². The molecule has 3 aromatic heterocycles. The van der Waals surface area contributed by atoms with Gasteiger partial charge in [0.15, 0.2) is 5.82 Å². The van der Waals surface area contributed by atoms with Gasteiger partial charge >= 0.3 is 0 Å². The lowest BCUT2D eigenvalue weighted by Gasteiger charge is -2.48. The standard InChI is InChI=1S/C24H24N8O/c1-15(2)29-23(33)16-3-5-20(6-4-16)31-13-18(7-9-25)24(31)32-14-19(12-28-32)22-27-11-17-8-10-26-21(17)30-22/h3-6,8,10-12,14-15,18,24H,7,13H2,1-2H3,(H,29,33)(H,26,27,30). The van der Waals surface area contributed by atoms with Crippen LogP contribution in [0.1, 0.15) is 36.8 Å². The molecule has 4 aromatic rings. The molecular weight excluding hydrogens is 416 g/mol. The fourth-order valence-electron chi connectivity index (χ4n) is 4.20. The number of carbonyl (C=O) groups excluding carboxylic acids is 1. The number of amides is 1. The molecule has 0 bridgehead atoms. The Hall–Kier alpha value is -4.19. The molecule has 2 N–H and O–H groups in total. The Morgan fingerprint density at radius 1 is 1.27 bits per heavy atom. The highest BCUT2D eigenvalue weighted by atomic mass is 16.1. The van der Waals surface area contributed by atoms with Gasteiger partial charge < -0.3 is 15.2 Å². The van der Waals surface area contributed by atoms with Crippen molar-refractivity contribution in [2.75, 3.05) is 11.4 Å². The Labute approximate surface area is 191 Å². The van der Waals surface area contributed by atoms with Crippen molar-refractivity contribution in [2.24, 2.45) is 5.92 Å². The van der Waals surface area contributed by atoms with E-state index >= 15 is 0 Å². The Kier molecular flexibility index (Phi) is 5.26. The third-order valence-corrected chi connectivity index (χ3v) is 5.84. The smallest absolute Gasteiger partial charge is 0.251 e. The van der Waals surface area contributed by atoms with Gasteiger partial charge in [0.05, 0.1) is 17.8 Å². The van der Waals surface area contributed by atoms with Gasteiger partial charge in [0.1, 0.15) is 11.8 Å². The number of anilines is 1. The minimum atomic E-state index is -0.0945. The molecule has 9 nitrogen and oxygen atoms in total. The molecule has 0 radical (unpaired) electrons. The van der Waals surface area contributed by atoms with Crippen molar-refractivity contribution in [1.29, 1.82) is 5.26 Å². The maximum absolute atomic E-state index is 12.3. The predicted molar refractivity (Wildman–Crippen MR) is 124 cm³/mol. The first-order valence-corrected chi connectivity index (χ1v) is 10.9. The molecule has 1 aromatic carbocycles. The molecule has 2 unspecified atom stereocenters. The van der Waals surface area contributed by atoms with E-state index in [1.54, 1.807) is 12.4 Å². The lowest BCUT2D eigenvalue weighted by atomic mass is 9.91. The van der Waals surface area contributed by atoms with E-state index in [9.17, 15) is 10.1 Å². The number of rotatable bonds is 6. The van der Waals surface area contributed by atoms with Gasteiger partial charge in [0, 0.05) is 60.2 Å². The lowest BCUT2D eigenvalue weighted by Crippen LogP contribution is -2.52. The minimum Gasteiger partial charge on any atom is -0.350 e. The number of H-pyrrole nitrogens is 1. The van der Waals surface area contributed by atoms with Gasteiger partial charge in [-0.15, -0.1) is 0 Å². The van der Waals surface area contributed by atoms with E-state index in [1.807, 2.05) is 61.3 Å². The fourth-order valence-corrected chi connectivity index (χ4v) is 4.20. The van der Waals surface area contributed by atoms with E-state index < -0.39 is 0 Å². The monoisotopic (exact) mass is 440 g/mol. The first kappa shape index (κ1) is 20.7. The van der Waals surface area contributed by atoms with Crippen LogP contribution in [0.4, 0.5) is 5.69 Å². The van der Waals surface area contributed by atoms with Gasteiger partial charge in [-0.05, 0) is 44.2 Å². The Bertz CT molecular complexity index is 1330. The zero-order chi connectivity index (χ0) is 22.9. The summed E-state index contributed by atoms with van der Waals surface area (Å²) in [5.41, 5.74) is 3.20. The Morgan fingerprint density at radius 2 is 2.09 bits per heavy atom. The van der Waals surface area contributed by atoms with Crippen molar-refractivity contribution in [2.45, 2.75) is 32.5 Å². The molecule has 5 rings (SSSR count). The highest BCUT2D eigenvalue weighted by molar-refractivity contribution is 5.94. The highest BCUT2D eigenvalue weighted by Gasteiger charge is 2.41. The molecule has 1 aliphatic heterocycles. The van der Waals surface area contributed by atoms with Crippen molar-refractivity contribution in [3.05, 3.63) is 60.7 Å². The second-order valence-electron chi connectivity index (χ2n) is 8.55. The number of aromatic nitrogens is 5. The second-order valence-corrected chi connectivity index (χ2v) is 8.55. The quantitative estimate of drug-likeness (QED) is 0.474. The predicted octanol–water partition coefficient (Wildman–Crippen LogP) is 3.51. The molecule has 4 heterocycles. The zero-order valence-electron chi connectivity index (χ0n) is 18.4. The summed E-state index contributed by atoms with van der Waals surface area (Å²) in [4.78, 5) is 26.6. The van der Waals surface area contributed by atoms with Gasteiger partial charge in [-0.2, -0.15) is 10.4 Å². The summed E-state index contributed by atoms with van der Waals surface area (Å²) in [5, 5.41) is 17.7. The second kappa shape index (κ2) is 8.39. The van der Waals surface area contributed by atoms with Gasteiger partial charge in [-0.25, -0.2) is 14.6 Å². The summed E-state index contributed by atoms with van der Waals surface area (Å²) in [5.74, 6) is 0.660. The van der Waals surface area contributed by atoms with Crippen LogP contribution in [0.5, 0.6) is 0 Å². The number of hydrogen-bond donors (Lipinski definition) is 2. The number of hydrogen-bond acceptors (Lipinski definition) is 6. The lowest BCUT2D eigenvalue weighted by molar-refractivity contribution is 0.0943. The summed E-state index contributed by atoms with van der Waals surface area (Å²) in [6.07, 6.45) is 7.65. The SMILES string of the molecule is CC(C)NC(=O)c1ccc(N2CC(CC#N)C2n2cc(-c3ncc4cc[nH]c4n3)cn2)cc1. The molecule has 1 aliphatic rings. The summed E-state index contributed by atoms with van der Waals surface area (Å²) in [6.45, 7) is 4.62. The van der Waals surface area contributed by atoms with Gasteiger partial charge in [0.25, 0.3) is 5.91 Å². The average Bonchev–Trinajstić information content (AvgIpc) is 3.45. The number of carbonyl (C=O) groups is 1. The average molecular weight is 441 g/mol. The molecule has 9 heteroatoms. The largest absolute Gasteiger partial charge is 0.350 e. The fraction of sp³-hybridized carbons (Fsp3) is 0.292. The van der Waals surface area contributed by atoms with E-state index in [0.29, 0.717) is 17.8 Å². The Balaban J connectivity index is 1.39. The van der Waals surface area contributed by atoms with Crippen molar-refractivity contribution in [1.82, 2.24) is 30.0 Å². The van der Waals surface area contributed by atoms with Crippen molar-refractivity contribution < 1.29 is 4.79 Å². The van der Waals surface area contributed by atoms with Crippen LogP contribution < -0.4 is 10.2 Å². The van der Waals surface area contributed by atoms with Gasteiger partial charge in [0.2, 0.25) is 0 Å². The third kappa shape index (κ3) is 3.91. The first-order valence-electron chi connectivity index (χ1n) is 10.9. The van der Waals surface area contributed by atoms with E-state index in [4.69, 9.17) is 0 Å². The molecule has 2 atom stereocenters. The van der Waals surface area contributed by atoms with Crippen LogP contribution in [0.15, 0.2) is 55.1 Å². The normalized spacial score (nSPS) is 17.7. The van der Waals surface area contributed by atoms with Crippen LogP contribution in [0.2, 0.25) is 0 Å². The van der Waals surface area contributed by atoms with Crippen LogP contribution in [0.25, 0.3) is 22.4 Å². The van der Waals surface area contributed by atoms with E-state index in [2.05, 4.69) is 36.3 Å². The van der Waals surface area contributed by atoms with E-state index in [0.717, 1.165) is 28.8 Å². The highest BCUT2D eigenvalue weighted by Crippen LogP contribution is 2.40. The van der Waals surface area contributed by atoms with Gasteiger partial charge in [-0.3, -0.25) is 4.79 Å². The zero-order valence-corrected chi connectivity index (χ0v) is 18.4. The summed E-state index contributed by atoms with van der Waals surface area (Å²) in [6, 6.07) is 11.8. The molecule has 1 amide bonds. The number of nitriles is 1. The van der Waals surface area contributed by atoms with E-state index in [-0.39, 0.29) is 24.0 Å². The minimum absolute atomic E-state index is 0.0828. The molecule has 1 saturated heterocycles. The molecule has 0 spiro atoms. The van der Waals surface area contributed by atoms with Crippen LogP contribution in [0, 0.1) is 17.2 Å². The number of aromatic amines is 1. The maximum atomic E-state index is 12.3. The maximum Gasteiger partial charge on any atom is 0.251 e. The Morgan fingerprint density at radius 3 is 2.85 bits per heavy atom. The van der Waals surface area contributed by atoms with Crippen LogP contribution in [-0.4, -0.2) is 43.2 Å². The number of fused-ring (bicyclic) bond motifs is 1. The number of benzene rings is 1. The van der Waals surface area contributed by atoms with Crippen molar-refractivity contribution >= 4 is 22.6 Å².